The molecule has 2 aromatic carbocycles. The van der Waals surface area contributed by atoms with Gasteiger partial charge in [-0.1, -0.05) is 56.3 Å². The molecule has 0 aliphatic heterocycles. The summed E-state index contributed by atoms with van der Waals surface area (Å²) in [6.07, 6.45) is -0.660. The van der Waals surface area contributed by atoms with Gasteiger partial charge in [0.15, 0.2) is 9.84 Å². The third kappa shape index (κ3) is 6.75. The summed E-state index contributed by atoms with van der Waals surface area (Å²) in [5.74, 6) is -3.57. The molecular formula is C24H35N2O6PS. The highest BCUT2D eigenvalue weighted by Crippen LogP contribution is 2.28. The van der Waals surface area contributed by atoms with Crippen molar-refractivity contribution in [1.82, 2.24) is 4.90 Å². The SMILES string of the molecule is CC(C)[C@H](N)C(=O)N(C[PH](=O)O)C(=O)C(Cc1cccc2ccccc12)CS(=O)(=O)C(C)(C)C. The lowest BCUT2D eigenvalue weighted by Gasteiger charge is -2.30. The van der Waals surface area contributed by atoms with Gasteiger partial charge in [0.05, 0.1) is 22.5 Å². The molecule has 0 fully saturated rings. The van der Waals surface area contributed by atoms with Crippen molar-refractivity contribution in [3.8, 4) is 0 Å². The van der Waals surface area contributed by atoms with Gasteiger partial charge in [0.1, 0.15) is 6.29 Å². The minimum Gasteiger partial charge on any atom is -0.345 e. The average Bonchev–Trinajstić information content (AvgIpc) is 2.74. The van der Waals surface area contributed by atoms with Crippen molar-refractivity contribution >= 4 is 40.5 Å². The third-order valence-electron chi connectivity index (χ3n) is 5.88. The van der Waals surface area contributed by atoms with Gasteiger partial charge >= 0.3 is 0 Å². The maximum atomic E-state index is 13.6. The van der Waals surface area contributed by atoms with Crippen molar-refractivity contribution in [2.24, 2.45) is 17.6 Å². The fourth-order valence-corrected chi connectivity index (χ4v) is 5.43. The molecular weight excluding hydrogens is 475 g/mol. The summed E-state index contributed by atoms with van der Waals surface area (Å²) in [7, 11) is -7.02. The van der Waals surface area contributed by atoms with Crippen LogP contribution in [0.2, 0.25) is 0 Å². The molecule has 0 aliphatic rings. The van der Waals surface area contributed by atoms with E-state index in [9.17, 15) is 27.5 Å². The third-order valence-corrected chi connectivity index (χ3v) is 9.17. The second-order valence-corrected chi connectivity index (χ2v) is 13.8. The first-order valence-electron chi connectivity index (χ1n) is 11.2. The fourth-order valence-electron chi connectivity index (χ4n) is 3.55. The van der Waals surface area contributed by atoms with Crippen LogP contribution < -0.4 is 5.73 Å². The van der Waals surface area contributed by atoms with Crippen LogP contribution in [-0.2, 0) is 30.4 Å². The quantitative estimate of drug-likeness (QED) is 0.495. The Morgan fingerprint density at radius 1 is 1.06 bits per heavy atom. The van der Waals surface area contributed by atoms with Crippen molar-refractivity contribution in [2.75, 3.05) is 12.0 Å². The molecule has 0 spiro atoms. The zero-order valence-corrected chi connectivity index (χ0v) is 22.1. The van der Waals surface area contributed by atoms with Gasteiger partial charge in [-0.15, -0.1) is 0 Å². The summed E-state index contributed by atoms with van der Waals surface area (Å²) in [5, 5.41) is 1.79. The summed E-state index contributed by atoms with van der Waals surface area (Å²) in [6, 6.07) is 12.0. The second kappa shape index (κ2) is 11.1. The Hall–Kier alpha value is -2.06. The monoisotopic (exact) mass is 510 g/mol. The van der Waals surface area contributed by atoms with E-state index in [0.29, 0.717) is 4.90 Å². The van der Waals surface area contributed by atoms with E-state index >= 15 is 0 Å². The Kier molecular flexibility index (Phi) is 9.22. The van der Waals surface area contributed by atoms with Gasteiger partial charge in [0.2, 0.25) is 19.8 Å². The topological polar surface area (TPSA) is 135 Å². The Labute approximate surface area is 202 Å². The minimum atomic E-state index is -3.76. The zero-order chi connectivity index (χ0) is 25.8. The summed E-state index contributed by atoms with van der Waals surface area (Å²) < 4.78 is 36.7. The number of rotatable bonds is 9. The van der Waals surface area contributed by atoms with Gasteiger partial charge in [-0.3, -0.25) is 19.1 Å². The number of carbonyl (C=O) groups is 2. The maximum Gasteiger partial charge on any atom is 0.246 e. The molecule has 2 aromatic rings. The minimum absolute atomic E-state index is 0.0442. The number of amides is 2. The summed E-state index contributed by atoms with van der Waals surface area (Å²) in [4.78, 5) is 36.9. The zero-order valence-electron chi connectivity index (χ0n) is 20.3. The van der Waals surface area contributed by atoms with Crippen LogP contribution in [0.25, 0.3) is 10.8 Å². The lowest BCUT2D eigenvalue weighted by atomic mass is 9.94. The van der Waals surface area contributed by atoms with Crippen LogP contribution in [0.3, 0.4) is 0 Å². The van der Waals surface area contributed by atoms with Crippen molar-refractivity contribution in [3.63, 3.8) is 0 Å². The van der Waals surface area contributed by atoms with Crippen molar-refractivity contribution < 1.29 is 27.5 Å². The standard InChI is InChI=1S/C24H35N2O6PS/c1-16(2)21(25)23(28)26(15-33(29)30)22(27)19(14-34(31,32)24(3,4)5)13-18-11-8-10-17-9-6-7-12-20(17)18/h6-12,16,19,21,33H,13-15,25H2,1-5H3,(H,29,30)/t19?,21-/m0/s1. The first-order chi connectivity index (χ1) is 15.7. The first kappa shape index (κ1) is 28.2. The Bertz CT molecular complexity index is 1170. The molecule has 10 heteroatoms. The van der Waals surface area contributed by atoms with Crippen LogP contribution in [0.4, 0.5) is 0 Å². The molecule has 3 N–H and O–H groups in total. The molecule has 2 amide bonds. The van der Waals surface area contributed by atoms with Crippen LogP contribution in [0, 0.1) is 11.8 Å². The lowest BCUT2D eigenvalue weighted by Crippen LogP contribution is -2.52. The number of imide groups is 1. The molecule has 0 bridgehead atoms. The van der Waals surface area contributed by atoms with Crippen molar-refractivity contribution in [2.45, 2.75) is 51.8 Å². The van der Waals surface area contributed by atoms with Gasteiger partial charge in [-0.2, -0.15) is 0 Å². The first-order valence-corrected chi connectivity index (χ1v) is 14.4. The molecule has 188 valence electrons. The van der Waals surface area contributed by atoms with E-state index in [4.69, 9.17) is 5.73 Å². The Morgan fingerprint density at radius 3 is 2.21 bits per heavy atom. The van der Waals surface area contributed by atoms with Gasteiger partial charge < -0.3 is 10.6 Å². The van der Waals surface area contributed by atoms with E-state index < -0.39 is 58.4 Å². The maximum absolute atomic E-state index is 13.6. The number of nitrogens with two attached hydrogens (primary N) is 1. The number of hydrogen-bond acceptors (Lipinski definition) is 6. The van der Waals surface area contributed by atoms with Crippen LogP contribution >= 0.6 is 8.03 Å². The lowest BCUT2D eigenvalue weighted by molar-refractivity contribution is -0.147. The molecule has 2 rings (SSSR count). The second-order valence-electron chi connectivity index (χ2n) is 9.86. The highest BCUT2D eigenvalue weighted by Gasteiger charge is 2.39. The highest BCUT2D eigenvalue weighted by atomic mass is 32.2. The molecule has 0 aromatic heterocycles. The highest BCUT2D eigenvalue weighted by molar-refractivity contribution is 7.92. The number of hydrogen-bond donors (Lipinski definition) is 2. The predicted octanol–water partition coefficient (Wildman–Crippen LogP) is 2.97. The molecule has 0 saturated carbocycles. The van der Waals surface area contributed by atoms with E-state index in [1.165, 1.54) is 0 Å². The largest absolute Gasteiger partial charge is 0.345 e. The number of sulfone groups is 1. The Balaban J connectivity index is 2.57. The molecule has 2 unspecified atom stereocenters. The molecule has 8 nitrogen and oxygen atoms in total. The number of fused-ring (bicyclic) bond motifs is 1. The number of carbonyl (C=O) groups excluding carboxylic acids is 2. The van der Waals surface area contributed by atoms with Gasteiger partial charge in [-0.05, 0) is 49.4 Å². The summed E-state index contributed by atoms with van der Waals surface area (Å²) in [5.41, 5.74) is 6.71. The molecule has 34 heavy (non-hydrogen) atoms. The van der Waals surface area contributed by atoms with Crippen LogP contribution in [0.5, 0.6) is 0 Å². The van der Waals surface area contributed by atoms with E-state index in [0.717, 1.165) is 16.3 Å². The molecule has 0 saturated heterocycles. The van der Waals surface area contributed by atoms with Crippen LogP contribution in [0.1, 0.15) is 40.2 Å². The molecule has 0 aliphatic carbocycles. The summed E-state index contributed by atoms with van der Waals surface area (Å²) >= 11 is 0. The van der Waals surface area contributed by atoms with Gasteiger partial charge in [0, 0.05) is 0 Å². The smallest absolute Gasteiger partial charge is 0.246 e. The van der Waals surface area contributed by atoms with Crippen LogP contribution in [-0.4, -0.2) is 52.9 Å². The van der Waals surface area contributed by atoms with E-state index in [-0.39, 0.29) is 12.3 Å². The van der Waals surface area contributed by atoms with Gasteiger partial charge in [-0.25, -0.2) is 8.42 Å². The van der Waals surface area contributed by atoms with Gasteiger partial charge in [0.25, 0.3) is 0 Å². The van der Waals surface area contributed by atoms with Crippen molar-refractivity contribution in [3.05, 3.63) is 48.0 Å². The molecule has 3 atom stereocenters. The number of nitrogens with zero attached hydrogens (tertiary/aromatic N) is 1. The van der Waals surface area contributed by atoms with E-state index in [2.05, 4.69) is 0 Å². The van der Waals surface area contributed by atoms with E-state index in [1.54, 1.807) is 34.6 Å². The number of benzene rings is 2. The molecule has 0 radical (unpaired) electrons. The fraction of sp³-hybridized carbons (Fsp3) is 0.500. The molecule has 0 heterocycles. The normalized spacial score (nSPS) is 15.2. The van der Waals surface area contributed by atoms with Crippen LogP contribution in [0.15, 0.2) is 42.5 Å². The average molecular weight is 511 g/mol. The van der Waals surface area contributed by atoms with Crippen molar-refractivity contribution in [1.29, 1.82) is 0 Å². The summed E-state index contributed by atoms with van der Waals surface area (Å²) in [6.45, 7) is 8.04. The van der Waals surface area contributed by atoms with E-state index in [1.807, 2.05) is 42.5 Å². The Morgan fingerprint density at radius 2 is 1.65 bits per heavy atom. The predicted molar refractivity (Wildman–Crippen MR) is 135 cm³/mol.